The van der Waals surface area contributed by atoms with Gasteiger partial charge in [0.25, 0.3) is 0 Å². The van der Waals surface area contributed by atoms with E-state index in [0.29, 0.717) is 6.54 Å². The third-order valence-corrected chi connectivity index (χ3v) is 2.76. The fourth-order valence-electron chi connectivity index (χ4n) is 1.66. The lowest BCUT2D eigenvalue weighted by Crippen LogP contribution is -2.43. The van der Waals surface area contributed by atoms with Gasteiger partial charge >= 0.3 is 6.03 Å². The molecule has 0 unspecified atom stereocenters. The molecule has 0 aromatic heterocycles. The number of hydrogen-bond acceptors (Lipinski definition) is 3. The Balaban J connectivity index is 0.000000171. The molecule has 2 aliphatic rings. The Kier molecular flexibility index (Phi) is 6.35. The van der Waals surface area contributed by atoms with Gasteiger partial charge in [-0.1, -0.05) is 19.1 Å². The van der Waals surface area contributed by atoms with Crippen LogP contribution >= 0.6 is 0 Å². The summed E-state index contributed by atoms with van der Waals surface area (Å²) in [5, 5.41) is 3.31. The van der Waals surface area contributed by atoms with Crippen LogP contribution in [0.5, 0.6) is 0 Å². The first-order valence-electron chi connectivity index (χ1n) is 6.06. The highest BCUT2D eigenvalue weighted by Gasteiger charge is 2.04. The summed E-state index contributed by atoms with van der Waals surface area (Å²) >= 11 is 0. The third-order valence-electron chi connectivity index (χ3n) is 2.76. The molecular formula is C12H22N4O. The normalized spacial score (nSPS) is 19.7. The monoisotopic (exact) mass is 238 g/mol. The molecule has 0 saturated carbocycles. The molecule has 5 heteroatoms. The van der Waals surface area contributed by atoms with Crippen molar-refractivity contribution in [3.8, 4) is 0 Å². The predicted molar refractivity (Wildman–Crippen MR) is 69.6 cm³/mol. The molecule has 1 fully saturated rings. The Bertz CT molecular complexity index is 282. The van der Waals surface area contributed by atoms with E-state index in [2.05, 4.69) is 17.1 Å². The van der Waals surface area contributed by atoms with Gasteiger partial charge in [0, 0.05) is 38.9 Å². The molecule has 2 amide bonds. The van der Waals surface area contributed by atoms with Gasteiger partial charge in [0.05, 0.1) is 0 Å². The van der Waals surface area contributed by atoms with E-state index in [-0.39, 0.29) is 0 Å². The fourth-order valence-corrected chi connectivity index (χ4v) is 1.66. The number of carbonyl (C=O) groups excluding carboxylic acids is 1. The zero-order valence-corrected chi connectivity index (χ0v) is 10.4. The smallest absolute Gasteiger partial charge is 0.319 e. The minimum Gasteiger partial charge on any atom is -0.351 e. The fraction of sp³-hybridized carbons (Fsp3) is 0.583. The summed E-state index contributed by atoms with van der Waals surface area (Å²) in [5.41, 5.74) is 4.97. The number of nitrogens with zero attached hydrogens (tertiary/aromatic N) is 2. The van der Waals surface area contributed by atoms with Crippen molar-refractivity contribution < 1.29 is 4.79 Å². The molecule has 0 aromatic carbocycles. The number of nitrogens with one attached hydrogen (secondary N) is 1. The minimum absolute atomic E-state index is 0.407. The molecule has 2 rings (SSSR count). The van der Waals surface area contributed by atoms with E-state index >= 15 is 0 Å². The zero-order chi connectivity index (χ0) is 12.5. The van der Waals surface area contributed by atoms with Crippen LogP contribution in [0.1, 0.15) is 6.92 Å². The molecule has 0 bridgehead atoms. The first kappa shape index (κ1) is 13.7. The summed E-state index contributed by atoms with van der Waals surface area (Å²) in [7, 11) is 0. The Morgan fingerprint density at radius 3 is 2.41 bits per heavy atom. The van der Waals surface area contributed by atoms with Gasteiger partial charge in [0.2, 0.25) is 0 Å². The Labute approximate surface area is 103 Å². The molecule has 96 valence electrons. The van der Waals surface area contributed by atoms with Gasteiger partial charge in [0.1, 0.15) is 0 Å². The number of carbonyl (C=O) groups is 1. The molecule has 5 nitrogen and oxygen atoms in total. The van der Waals surface area contributed by atoms with Crippen LogP contribution in [0.25, 0.3) is 0 Å². The van der Waals surface area contributed by atoms with Crippen LogP contribution in [0.4, 0.5) is 4.79 Å². The van der Waals surface area contributed by atoms with Crippen LogP contribution in [-0.2, 0) is 0 Å². The van der Waals surface area contributed by atoms with Crippen LogP contribution in [0.2, 0.25) is 0 Å². The number of primary amides is 1. The van der Waals surface area contributed by atoms with Crippen LogP contribution in [0, 0.1) is 0 Å². The quantitative estimate of drug-likeness (QED) is 0.693. The Morgan fingerprint density at radius 2 is 2.06 bits per heavy atom. The first-order chi connectivity index (χ1) is 8.24. The third kappa shape index (κ3) is 5.51. The number of rotatable bonds is 1. The molecule has 17 heavy (non-hydrogen) atoms. The topological polar surface area (TPSA) is 61.6 Å². The predicted octanol–water partition coefficient (Wildman–Crippen LogP) is 0.362. The van der Waals surface area contributed by atoms with Crippen molar-refractivity contribution in [2.75, 3.05) is 39.3 Å². The lowest BCUT2D eigenvalue weighted by atomic mass is 10.4. The van der Waals surface area contributed by atoms with E-state index in [9.17, 15) is 4.79 Å². The van der Waals surface area contributed by atoms with Crippen LogP contribution < -0.4 is 11.1 Å². The van der Waals surface area contributed by atoms with Crippen molar-refractivity contribution in [2.45, 2.75) is 6.92 Å². The highest BCUT2D eigenvalue weighted by molar-refractivity contribution is 5.73. The lowest BCUT2D eigenvalue weighted by Gasteiger charge is -2.25. The number of urea groups is 1. The molecule has 2 heterocycles. The molecule has 0 aliphatic carbocycles. The zero-order valence-electron chi connectivity index (χ0n) is 10.4. The average Bonchev–Trinajstić information content (AvgIpc) is 2.41. The number of likely N-dealkylation sites (N-methyl/N-ethyl adjacent to an activating group) is 1. The van der Waals surface area contributed by atoms with E-state index in [0.717, 1.165) is 0 Å². The van der Waals surface area contributed by atoms with Gasteiger partial charge in [0.15, 0.2) is 0 Å². The molecule has 0 aromatic rings. The SMILES string of the molecule is CCN1CCNCC1.NC(=O)N1C=CC=CC1. The molecular weight excluding hydrogens is 216 g/mol. The number of nitrogens with two attached hydrogens (primary N) is 1. The number of allylic oxidation sites excluding steroid dienone is 2. The number of hydrogen-bond donors (Lipinski definition) is 2. The molecule has 1 saturated heterocycles. The maximum atomic E-state index is 10.4. The molecule has 2 aliphatic heterocycles. The second kappa shape index (κ2) is 7.86. The van der Waals surface area contributed by atoms with Gasteiger partial charge in [-0.25, -0.2) is 4.79 Å². The van der Waals surface area contributed by atoms with Gasteiger partial charge in [-0.15, -0.1) is 0 Å². The Morgan fingerprint density at radius 1 is 1.35 bits per heavy atom. The molecule has 0 spiro atoms. The highest BCUT2D eigenvalue weighted by Crippen LogP contribution is 1.96. The summed E-state index contributed by atoms with van der Waals surface area (Å²) in [4.78, 5) is 14.3. The van der Waals surface area contributed by atoms with Crippen molar-refractivity contribution in [2.24, 2.45) is 5.73 Å². The first-order valence-corrected chi connectivity index (χ1v) is 6.06. The van der Waals surface area contributed by atoms with Gasteiger partial charge < -0.3 is 16.0 Å². The van der Waals surface area contributed by atoms with E-state index in [1.54, 1.807) is 12.3 Å². The Hall–Kier alpha value is -1.33. The minimum atomic E-state index is -0.407. The van der Waals surface area contributed by atoms with Crippen LogP contribution in [0.3, 0.4) is 0 Å². The van der Waals surface area contributed by atoms with Gasteiger partial charge in [-0.3, -0.25) is 4.90 Å². The van der Waals surface area contributed by atoms with Gasteiger partial charge in [-0.2, -0.15) is 0 Å². The van der Waals surface area contributed by atoms with Crippen molar-refractivity contribution >= 4 is 6.03 Å². The van der Waals surface area contributed by atoms with Crippen molar-refractivity contribution in [3.63, 3.8) is 0 Å². The maximum Gasteiger partial charge on any atom is 0.319 e. The maximum absolute atomic E-state index is 10.4. The van der Waals surface area contributed by atoms with E-state index in [1.807, 2.05) is 12.2 Å². The summed E-state index contributed by atoms with van der Waals surface area (Å²) in [6.07, 6.45) is 7.17. The van der Waals surface area contributed by atoms with E-state index in [4.69, 9.17) is 5.73 Å². The highest BCUT2D eigenvalue weighted by atomic mass is 16.2. The van der Waals surface area contributed by atoms with Crippen LogP contribution in [-0.4, -0.2) is 55.1 Å². The molecule has 0 atom stereocenters. The van der Waals surface area contributed by atoms with Crippen LogP contribution in [0.15, 0.2) is 24.4 Å². The van der Waals surface area contributed by atoms with Crippen molar-refractivity contribution in [1.29, 1.82) is 0 Å². The summed E-state index contributed by atoms with van der Waals surface area (Å²) in [5.74, 6) is 0. The van der Waals surface area contributed by atoms with Gasteiger partial charge in [-0.05, 0) is 12.6 Å². The van der Waals surface area contributed by atoms with Crippen molar-refractivity contribution in [3.05, 3.63) is 24.4 Å². The summed E-state index contributed by atoms with van der Waals surface area (Å²) in [6, 6.07) is -0.407. The standard InChI is InChI=1S/C6H8N2O.C6H14N2/c7-6(9)8-4-2-1-3-5-8;1-2-8-5-3-7-4-6-8/h1-4H,5H2,(H2,7,9);7H,2-6H2,1H3. The van der Waals surface area contributed by atoms with Crippen molar-refractivity contribution in [1.82, 2.24) is 15.1 Å². The summed E-state index contributed by atoms with van der Waals surface area (Å²) < 4.78 is 0. The second-order valence-corrected chi connectivity index (χ2v) is 3.94. The van der Waals surface area contributed by atoms with E-state index < -0.39 is 6.03 Å². The second-order valence-electron chi connectivity index (χ2n) is 3.94. The number of amides is 2. The average molecular weight is 238 g/mol. The largest absolute Gasteiger partial charge is 0.351 e. The molecule has 0 radical (unpaired) electrons. The summed E-state index contributed by atoms with van der Waals surface area (Å²) in [6.45, 7) is 8.83. The lowest BCUT2D eigenvalue weighted by molar-refractivity contribution is 0.228. The number of piperazine rings is 1. The molecule has 3 N–H and O–H groups in total. The van der Waals surface area contributed by atoms with E-state index in [1.165, 1.54) is 37.6 Å².